The Morgan fingerprint density at radius 2 is 2.10 bits per heavy atom. The molecule has 0 saturated carbocycles. The van der Waals surface area contributed by atoms with E-state index in [1.54, 1.807) is 25.3 Å². The van der Waals surface area contributed by atoms with Crippen LogP contribution >= 0.6 is 0 Å². The van der Waals surface area contributed by atoms with E-state index in [2.05, 4.69) is 10.3 Å². The van der Waals surface area contributed by atoms with Gasteiger partial charge in [-0.3, -0.25) is 9.78 Å². The van der Waals surface area contributed by atoms with Crippen molar-refractivity contribution in [2.24, 2.45) is 0 Å². The zero-order valence-corrected chi connectivity index (χ0v) is 16.3. The monoisotopic (exact) mass is 396 g/mol. The third-order valence-electron chi connectivity index (χ3n) is 5.31. The second-order valence-electron chi connectivity index (χ2n) is 7.31. The van der Waals surface area contributed by atoms with Crippen molar-refractivity contribution >= 4 is 16.9 Å². The quantitative estimate of drug-likeness (QED) is 0.665. The number of ether oxygens (including phenoxy) is 2. The molecule has 0 spiro atoms. The number of furan rings is 1. The van der Waals surface area contributed by atoms with Gasteiger partial charge in [0.25, 0.3) is 5.91 Å². The van der Waals surface area contributed by atoms with Gasteiger partial charge in [-0.2, -0.15) is 0 Å². The number of carbonyl (C=O) groups excluding carboxylic acids is 1. The molecule has 152 valence electrons. The largest absolute Gasteiger partial charge is 0.487 e. The van der Waals surface area contributed by atoms with Crippen molar-refractivity contribution in [2.75, 3.05) is 19.8 Å². The molecule has 7 heteroatoms. The number of amides is 1. The minimum Gasteiger partial charge on any atom is -0.487 e. The molecule has 0 atom stereocenters. The molecule has 1 aromatic carbocycles. The van der Waals surface area contributed by atoms with Gasteiger partial charge in [0.2, 0.25) is 0 Å². The standard InChI is InChI=1S/C22H24N2O5/c1-15-20(21(26)24-22(14-25)7-10-27-11-8-22)18-12-17(5-6-19(18)29-15)28-13-16-4-2-3-9-23-16/h2-6,9,12,25H,7-8,10-11,13-14H2,1H3,(H,24,26). The predicted octanol–water partition coefficient (Wildman–Crippen LogP) is 2.99. The first-order chi connectivity index (χ1) is 14.1. The number of hydrogen-bond donors (Lipinski definition) is 2. The fourth-order valence-electron chi connectivity index (χ4n) is 3.60. The molecule has 2 N–H and O–H groups in total. The number of aromatic nitrogens is 1. The Morgan fingerprint density at radius 3 is 2.83 bits per heavy atom. The van der Waals surface area contributed by atoms with E-state index < -0.39 is 5.54 Å². The van der Waals surface area contributed by atoms with Crippen LogP contribution in [0.1, 0.15) is 34.7 Å². The summed E-state index contributed by atoms with van der Waals surface area (Å²) in [6.45, 7) is 2.99. The summed E-state index contributed by atoms with van der Waals surface area (Å²) in [4.78, 5) is 17.3. The molecule has 1 saturated heterocycles. The lowest BCUT2D eigenvalue weighted by Gasteiger charge is -2.36. The SMILES string of the molecule is Cc1oc2ccc(OCc3ccccn3)cc2c1C(=O)NC1(CO)CCOCC1. The Hall–Kier alpha value is -2.90. The van der Waals surface area contributed by atoms with E-state index in [-0.39, 0.29) is 12.5 Å². The van der Waals surface area contributed by atoms with E-state index in [1.165, 1.54) is 0 Å². The first kappa shape index (κ1) is 19.4. The Labute approximate surface area is 168 Å². The van der Waals surface area contributed by atoms with Crippen molar-refractivity contribution < 1.29 is 23.8 Å². The van der Waals surface area contributed by atoms with Crippen molar-refractivity contribution in [2.45, 2.75) is 31.9 Å². The molecule has 0 radical (unpaired) electrons. The van der Waals surface area contributed by atoms with E-state index in [1.807, 2.05) is 24.3 Å². The van der Waals surface area contributed by atoms with E-state index in [9.17, 15) is 9.90 Å². The number of fused-ring (bicyclic) bond motifs is 1. The van der Waals surface area contributed by atoms with Gasteiger partial charge >= 0.3 is 0 Å². The van der Waals surface area contributed by atoms with Crippen LogP contribution in [0.2, 0.25) is 0 Å². The van der Waals surface area contributed by atoms with Crippen LogP contribution in [-0.2, 0) is 11.3 Å². The lowest BCUT2D eigenvalue weighted by Crippen LogP contribution is -2.54. The van der Waals surface area contributed by atoms with Crippen molar-refractivity contribution in [3.05, 3.63) is 59.6 Å². The lowest BCUT2D eigenvalue weighted by atomic mass is 9.90. The van der Waals surface area contributed by atoms with Gasteiger partial charge in [0.1, 0.15) is 23.7 Å². The van der Waals surface area contributed by atoms with Crippen molar-refractivity contribution in [3.8, 4) is 5.75 Å². The van der Waals surface area contributed by atoms with Gasteiger partial charge in [-0.25, -0.2) is 0 Å². The van der Waals surface area contributed by atoms with Crippen molar-refractivity contribution in [1.29, 1.82) is 0 Å². The number of hydrogen-bond acceptors (Lipinski definition) is 6. The van der Waals surface area contributed by atoms with Gasteiger partial charge in [0.15, 0.2) is 0 Å². The predicted molar refractivity (Wildman–Crippen MR) is 107 cm³/mol. The maximum atomic E-state index is 13.1. The van der Waals surface area contributed by atoms with Crippen LogP contribution in [-0.4, -0.2) is 41.4 Å². The van der Waals surface area contributed by atoms with Crippen LogP contribution in [0.15, 0.2) is 47.0 Å². The number of carbonyl (C=O) groups is 1. The summed E-state index contributed by atoms with van der Waals surface area (Å²) >= 11 is 0. The molecule has 3 aromatic rings. The second-order valence-corrected chi connectivity index (χ2v) is 7.31. The number of aliphatic hydroxyl groups excluding tert-OH is 1. The first-order valence-electron chi connectivity index (χ1n) is 9.67. The number of benzene rings is 1. The summed E-state index contributed by atoms with van der Waals surface area (Å²) in [5, 5.41) is 13.6. The van der Waals surface area contributed by atoms with Gasteiger partial charge in [-0.1, -0.05) is 6.07 Å². The number of nitrogens with zero attached hydrogens (tertiary/aromatic N) is 1. The minimum atomic E-state index is -0.668. The summed E-state index contributed by atoms with van der Waals surface area (Å²) in [5.41, 5.74) is 1.22. The maximum absolute atomic E-state index is 13.1. The highest BCUT2D eigenvalue weighted by molar-refractivity contribution is 6.07. The van der Waals surface area contributed by atoms with Gasteiger partial charge in [-0.05, 0) is 50.1 Å². The molecule has 29 heavy (non-hydrogen) atoms. The molecule has 7 nitrogen and oxygen atoms in total. The number of aliphatic hydroxyl groups is 1. The Bertz CT molecular complexity index is 993. The molecule has 4 rings (SSSR count). The zero-order valence-electron chi connectivity index (χ0n) is 16.3. The average molecular weight is 396 g/mol. The summed E-state index contributed by atoms with van der Waals surface area (Å²) in [5.74, 6) is 0.888. The minimum absolute atomic E-state index is 0.130. The van der Waals surface area contributed by atoms with E-state index in [4.69, 9.17) is 13.9 Å². The van der Waals surface area contributed by atoms with Crippen LogP contribution in [0.5, 0.6) is 5.75 Å². The smallest absolute Gasteiger partial charge is 0.255 e. The van der Waals surface area contributed by atoms with E-state index in [0.717, 1.165) is 5.69 Å². The Balaban J connectivity index is 1.58. The normalized spacial score (nSPS) is 15.9. The van der Waals surface area contributed by atoms with Gasteiger partial charge in [0, 0.05) is 24.8 Å². The Kier molecular flexibility index (Phi) is 5.51. The van der Waals surface area contributed by atoms with Crippen LogP contribution in [0.3, 0.4) is 0 Å². The molecular formula is C22H24N2O5. The zero-order chi connectivity index (χ0) is 20.3. The third-order valence-corrected chi connectivity index (χ3v) is 5.31. The molecule has 1 amide bonds. The number of aryl methyl sites for hydroxylation is 1. The van der Waals surface area contributed by atoms with E-state index in [0.29, 0.717) is 60.7 Å². The molecule has 0 unspecified atom stereocenters. The average Bonchev–Trinajstić information content (AvgIpc) is 3.08. The van der Waals surface area contributed by atoms with E-state index >= 15 is 0 Å². The highest BCUT2D eigenvalue weighted by Gasteiger charge is 2.35. The van der Waals surface area contributed by atoms with Crippen molar-refractivity contribution in [1.82, 2.24) is 10.3 Å². The van der Waals surface area contributed by atoms with Crippen molar-refractivity contribution in [3.63, 3.8) is 0 Å². The molecule has 0 bridgehead atoms. The maximum Gasteiger partial charge on any atom is 0.255 e. The van der Waals surface area contributed by atoms with Gasteiger partial charge < -0.3 is 24.3 Å². The fraction of sp³-hybridized carbons (Fsp3) is 0.364. The Morgan fingerprint density at radius 1 is 1.28 bits per heavy atom. The number of rotatable bonds is 6. The van der Waals surface area contributed by atoms with Crippen LogP contribution in [0.4, 0.5) is 0 Å². The lowest BCUT2D eigenvalue weighted by molar-refractivity contribution is 0.0125. The second kappa shape index (κ2) is 8.23. The molecular weight excluding hydrogens is 372 g/mol. The fourth-order valence-corrected chi connectivity index (χ4v) is 3.60. The molecule has 1 fully saturated rings. The molecule has 0 aliphatic carbocycles. The topological polar surface area (TPSA) is 93.8 Å². The summed E-state index contributed by atoms with van der Waals surface area (Å²) in [6, 6.07) is 11.1. The molecule has 1 aliphatic rings. The van der Waals surface area contributed by atoms with Crippen LogP contribution < -0.4 is 10.1 Å². The summed E-state index contributed by atoms with van der Waals surface area (Å²) in [6.07, 6.45) is 2.86. The molecule has 1 aliphatic heterocycles. The van der Waals surface area contributed by atoms with Gasteiger partial charge in [0.05, 0.1) is 23.4 Å². The first-order valence-corrected chi connectivity index (χ1v) is 9.67. The number of pyridine rings is 1. The van der Waals surface area contributed by atoms with Gasteiger partial charge in [-0.15, -0.1) is 0 Å². The third kappa shape index (κ3) is 4.11. The highest BCUT2D eigenvalue weighted by Crippen LogP contribution is 2.30. The summed E-state index contributed by atoms with van der Waals surface area (Å²) in [7, 11) is 0. The molecule has 2 aromatic heterocycles. The summed E-state index contributed by atoms with van der Waals surface area (Å²) < 4.78 is 17.0. The van der Waals surface area contributed by atoms with Crippen LogP contribution in [0, 0.1) is 6.92 Å². The number of nitrogens with one attached hydrogen (secondary N) is 1. The molecule has 3 heterocycles. The van der Waals surface area contributed by atoms with Crippen LogP contribution in [0.25, 0.3) is 11.0 Å². The highest BCUT2D eigenvalue weighted by atomic mass is 16.5.